The van der Waals surface area contributed by atoms with E-state index in [0.29, 0.717) is 0 Å². The molecule has 6 nitrogen and oxygen atoms in total. The third kappa shape index (κ3) is 8.74. The van der Waals surface area contributed by atoms with Crippen molar-refractivity contribution in [3.05, 3.63) is 0 Å². The molecule has 0 unspecified atom stereocenters. The van der Waals surface area contributed by atoms with Crippen molar-refractivity contribution in [2.75, 3.05) is 0 Å². The zero-order valence-corrected chi connectivity index (χ0v) is 12.6. The van der Waals surface area contributed by atoms with E-state index in [1.54, 1.807) is 6.92 Å². The molecule has 6 heteroatoms. The Kier molecular flexibility index (Phi) is 9.80. The van der Waals surface area contributed by atoms with Crippen LogP contribution in [0, 0.1) is 0 Å². The molecule has 3 N–H and O–H groups in total. The first-order valence-electron chi connectivity index (χ1n) is 7.26. The lowest BCUT2D eigenvalue weighted by Gasteiger charge is -2.19. The molecule has 0 aromatic carbocycles. The van der Waals surface area contributed by atoms with Gasteiger partial charge in [0.25, 0.3) is 0 Å². The number of hydrogen-bond donors (Lipinski definition) is 3. The predicted molar refractivity (Wildman–Crippen MR) is 75.6 cm³/mol. The fourth-order valence-corrected chi connectivity index (χ4v) is 1.83. The summed E-state index contributed by atoms with van der Waals surface area (Å²) in [5.74, 6) is -1.29. The van der Waals surface area contributed by atoms with Gasteiger partial charge < -0.3 is 20.3 Å². The zero-order valence-electron chi connectivity index (χ0n) is 12.6. The second-order valence-electron chi connectivity index (χ2n) is 5.12. The Morgan fingerprint density at radius 3 is 2.25 bits per heavy atom. The van der Waals surface area contributed by atoms with Gasteiger partial charge in [0, 0.05) is 0 Å². The molecule has 0 aliphatic rings. The minimum atomic E-state index is -1.35. The van der Waals surface area contributed by atoms with Crippen molar-refractivity contribution < 1.29 is 24.5 Å². The summed E-state index contributed by atoms with van der Waals surface area (Å²) in [6.07, 6.45) is 4.17. The Hall–Kier alpha value is -1.30. The Morgan fingerprint density at radius 1 is 1.15 bits per heavy atom. The molecule has 0 spiro atoms. The Balaban J connectivity index is 3.91. The van der Waals surface area contributed by atoms with E-state index in [-0.39, 0.29) is 6.10 Å². The highest BCUT2D eigenvalue weighted by Gasteiger charge is 2.26. The highest BCUT2D eigenvalue weighted by atomic mass is 16.6. The first kappa shape index (κ1) is 18.7. The molecule has 118 valence electrons. The van der Waals surface area contributed by atoms with Gasteiger partial charge in [-0.1, -0.05) is 32.6 Å². The van der Waals surface area contributed by atoms with Gasteiger partial charge in [0.2, 0.25) is 0 Å². The summed E-state index contributed by atoms with van der Waals surface area (Å²) in [7, 11) is 0. The predicted octanol–water partition coefficient (Wildman–Crippen LogP) is 2.30. The average molecular weight is 289 g/mol. The smallest absolute Gasteiger partial charge is 0.408 e. The third-order valence-corrected chi connectivity index (χ3v) is 3.04. The third-order valence-electron chi connectivity index (χ3n) is 3.04. The SMILES string of the molecule is CCCCCCC[C@H](C)OC(=O)N[C@@H](C(=O)O)[C@H](C)O. The second-order valence-corrected chi connectivity index (χ2v) is 5.12. The highest BCUT2D eigenvalue weighted by molar-refractivity contribution is 5.80. The summed E-state index contributed by atoms with van der Waals surface area (Å²) in [5.41, 5.74) is 0. The summed E-state index contributed by atoms with van der Waals surface area (Å²) >= 11 is 0. The Bertz CT molecular complexity index is 293. The molecule has 0 saturated heterocycles. The van der Waals surface area contributed by atoms with E-state index >= 15 is 0 Å². The molecule has 0 aromatic heterocycles. The van der Waals surface area contributed by atoms with Crippen molar-refractivity contribution >= 4 is 12.1 Å². The second kappa shape index (κ2) is 10.5. The number of aliphatic hydroxyl groups is 1. The van der Waals surface area contributed by atoms with E-state index in [9.17, 15) is 14.7 Å². The van der Waals surface area contributed by atoms with Crippen LogP contribution in [-0.2, 0) is 9.53 Å². The van der Waals surface area contributed by atoms with Crippen molar-refractivity contribution in [2.45, 2.75) is 77.5 Å². The van der Waals surface area contributed by atoms with Crippen molar-refractivity contribution in [1.82, 2.24) is 5.32 Å². The van der Waals surface area contributed by atoms with Gasteiger partial charge in [0.1, 0.15) is 6.10 Å². The van der Waals surface area contributed by atoms with Crippen LogP contribution in [0.5, 0.6) is 0 Å². The number of amides is 1. The van der Waals surface area contributed by atoms with Gasteiger partial charge in [-0.25, -0.2) is 9.59 Å². The number of hydrogen-bond acceptors (Lipinski definition) is 4. The number of alkyl carbamates (subject to hydrolysis) is 1. The topological polar surface area (TPSA) is 95.9 Å². The average Bonchev–Trinajstić information content (AvgIpc) is 2.34. The minimum absolute atomic E-state index is 0.264. The normalized spacial score (nSPS) is 15.2. The van der Waals surface area contributed by atoms with Gasteiger partial charge in [0.05, 0.1) is 6.10 Å². The molecule has 0 aliphatic heterocycles. The Labute approximate surface area is 120 Å². The van der Waals surface area contributed by atoms with Crippen molar-refractivity contribution in [1.29, 1.82) is 0 Å². The molecule has 1 amide bonds. The van der Waals surface area contributed by atoms with Gasteiger partial charge in [-0.05, 0) is 26.7 Å². The maximum absolute atomic E-state index is 11.5. The van der Waals surface area contributed by atoms with Crippen LogP contribution < -0.4 is 5.32 Å². The van der Waals surface area contributed by atoms with Gasteiger partial charge in [-0.3, -0.25) is 0 Å². The summed E-state index contributed by atoms with van der Waals surface area (Å²) in [6.45, 7) is 5.23. The van der Waals surface area contributed by atoms with Crippen molar-refractivity contribution in [2.24, 2.45) is 0 Å². The molecule has 0 heterocycles. The largest absolute Gasteiger partial charge is 0.480 e. The number of rotatable bonds is 10. The number of unbranched alkanes of at least 4 members (excludes halogenated alkanes) is 4. The van der Waals surface area contributed by atoms with Crippen LogP contribution >= 0.6 is 0 Å². The number of aliphatic carboxylic acids is 1. The molecule has 0 aromatic rings. The summed E-state index contributed by atoms with van der Waals surface area (Å²) in [4.78, 5) is 22.3. The lowest BCUT2D eigenvalue weighted by molar-refractivity contribution is -0.142. The quantitative estimate of drug-likeness (QED) is 0.536. The van der Waals surface area contributed by atoms with E-state index in [1.807, 2.05) is 0 Å². The number of aliphatic hydroxyl groups excluding tert-OH is 1. The number of carboxylic acids is 1. The fraction of sp³-hybridized carbons (Fsp3) is 0.857. The molecule has 0 aliphatic carbocycles. The fourth-order valence-electron chi connectivity index (χ4n) is 1.83. The van der Waals surface area contributed by atoms with Crippen LogP contribution in [0.15, 0.2) is 0 Å². The summed E-state index contributed by atoms with van der Waals surface area (Å²) in [5, 5.41) is 20.2. The van der Waals surface area contributed by atoms with Gasteiger partial charge in [-0.15, -0.1) is 0 Å². The molecular formula is C14H27NO5. The molecule has 20 heavy (non-hydrogen) atoms. The van der Waals surface area contributed by atoms with E-state index in [0.717, 1.165) is 19.3 Å². The van der Waals surface area contributed by atoms with Gasteiger partial charge in [-0.2, -0.15) is 0 Å². The number of nitrogens with one attached hydrogen (secondary N) is 1. The van der Waals surface area contributed by atoms with E-state index in [4.69, 9.17) is 9.84 Å². The van der Waals surface area contributed by atoms with Crippen LogP contribution in [-0.4, -0.2) is 40.5 Å². The van der Waals surface area contributed by atoms with E-state index in [1.165, 1.54) is 26.2 Å². The van der Waals surface area contributed by atoms with Crippen LogP contribution in [0.3, 0.4) is 0 Å². The van der Waals surface area contributed by atoms with Crippen LogP contribution in [0.25, 0.3) is 0 Å². The molecule has 0 fully saturated rings. The molecule has 0 radical (unpaired) electrons. The zero-order chi connectivity index (χ0) is 15.5. The molecular weight excluding hydrogens is 262 g/mol. The maximum atomic E-state index is 11.5. The minimum Gasteiger partial charge on any atom is -0.480 e. The van der Waals surface area contributed by atoms with Crippen molar-refractivity contribution in [3.63, 3.8) is 0 Å². The van der Waals surface area contributed by atoms with Crippen LogP contribution in [0.1, 0.15) is 59.3 Å². The number of carboxylic acid groups (broad SMARTS) is 1. The standard InChI is InChI=1S/C14H27NO5/c1-4-5-6-7-8-9-10(2)20-14(19)15-12(11(3)16)13(17)18/h10-12,16H,4-9H2,1-3H3,(H,15,19)(H,17,18)/t10-,11-,12+/m0/s1. The van der Waals surface area contributed by atoms with Gasteiger partial charge >= 0.3 is 12.1 Å². The monoisotopic (exact) mass is 289 g/mol. The van der Waals surface area contributed by atoms with Crippen LogP contribution in [0.2, 0.25) is 0 Å². The summed E-state index contributed by atoms with van der Waals surface area (Å²) < 4.78 is 5.06. The number of carbonyl (C=O) groups is 2. The lowest BCUT2D eigenvalue weighted by Crippen LogP contribution is -2.48. The molecule has 0 bridgehead atoms. The number of carbonyl (C=O) groups excluding carboxylic acids is 1. The molecule has 0 rings (SSSR count). The van der Waals surface area contributed by atoms with E-state index < -0.39 is 24.2 Å². The van der Waals surface area contributed by atoms with Crippen molar-refractivity contribution in [3.8, 4) is 0 Å². The Morgan fingerprint density at radius 2 is 1.75 bits per heavy atom. The van der Waals surface area contributed by atoms with Crippen LogP contribution in [0.4, 0.5) is 4.79 Å². The first-order chi connectivity index (χ1) is 9.38. The van der Waals surface area contributed by atoms with Gasteiger partial charge in [0.15, 0.2) is 6.04 Å². The van der Waals surface area contributed by atoms with E-state index in [2.05, 4.69) is 12.2 Å². The lowest BCUT2D eigenvalue weighted by atomic mass is 10.1. The molecule has 3 atom stereocenters. The number of ether oxygens (including phenoxy) is 1. The maximum Gasteiger partial charge on any atom is 0.408 e. The first-order valence-corrected chi connectivity index (χ1v) is 7.26. The summed E-state index contributed by atoms with van der Waals surface area (Å²) in [6, 6.07) is -1.35. The highest BCUT2D eigenvalue weighted by Crippen LogP contribution is 2.09. The molecule has 0 saturated carbocycles.